The second-order valence-corrected chi connectivity index (χ2v) is 5.44. The maximum absolute atomic E-state index is 11.5. The SMILES string of the molecule is CCCCCCCOCc1ccc(C(C)C(=O)NN)cc1. The van der Waals surface area contributed by atoms with Crippen LogP contribution in [0, 0.1) is 0 Å². The number of benzene rings is 1. The number of amides is 1. The number of hydrogen-bond acceptors (Lipinski definition) is 3. The van der Waals surface area contributed by atoms with Gasteiger partial charge in [0.25, 0.3) is 0 Å². The molecule has 0 radical (unpaired) electrons. The van der Waals surface area contributed by atoms with Crippen LogP contribution in [0.1, 0.15) is 63.0 Å². The highest BCUT2D eigenvalue weighted by Gasteiger charge is 2.13. The minimum Gasteiger partial charge on any atom is -0.377 e. The van der Waals surface area contributed by atoms with Crippen molar-refractivity contribution in [2.24, 2.45) is 5.84 Å². The molecule has 0 bridgehead atoms. The van der Waals surface area contributed by atoms with Gasteiger partial charge in [-0.05, 0) is 24.5 Å². The van der Waals surface area contributed by atoms with Crippen molar-refractivity contribution in [2.45, 2.75) is 58.5 Å². The molecule has 1 rings (SSSR count). The summed E-state index contributed by atoms with van der Waals surface area (Å²) in [6, 6.07) is 7.93. The van der Waals surface area contributed by atoms with Crippen molar-refractivity contribution in [3.05, 3.63) is 35.4 Å². The number of carbonyl (C=O) groups is 1. The van der Waals surface area contributed by atoms with Crippen molar-refractivity contribution in [2.75, 3.05) is 6.61 Å². The lowest BCUT2D eigenvalue weighted by Gasteiger charge is -2.11. The van der Waals surface area contributed by atoms with Crippen molar-refractivity contribution < 1.29 is 9.53 Å². The Bertz CT molecular complexity index is 404. The van der Waals surface area contributed by atoms with Gasteiger partial charge in [0.15, 0.2) is 0 Å². The fourth-order valence-electron chi connectivity index (χ4n) is 2.18. The average Bonchev–Trinajstić information content (AvgIpc) is 2.53. The largest absolute Gasteiger partial charge is 0.377 e. The number of hydrazine groups is 1. The summed E-state index contributed by atoms with van der Waals surface area (Å²) in [6.07, 6.45) is 6.27. The summed E-state index contributed by atoms with van der Waals surface area (Å²) in [4.78, 5) is 11.5. The molecule has 1 unspecified atom stereocenters. The molecular formula is C17H28N2O2. The van der Waals surface area contributed by atoms with Gasteiger partial charge in [-0.3, -0.25) is 10.2 Å². The van der Waals surface area contributed by atoms with Crippen LogP contribution in [0.15, 0.2) is 24.3 Å². The summed E-state index contributed by atoms with van der Waals surface area (Å²) in [5.41, 5.74) is 4.27. The van der Waals surface area contributed by atoms with Crippen molar-refractivity contribution in [3.8, 4) is 0 Å². The number of nitrogens with two attached hydrogens (primary N) is 1. The first kappa shape index (κ1) is 17.7. The second kappa shape index (κ2) is 10.4. The fourth-order valence-corrected chi connectivity index (χ4v) is 2.18. The molecule has 3 N–H and O–H groups in total. The molecule has 0 aliphatic heterocycles. The van der Waals surface area contributed by atoms with Crippen LogP contribution < -0.4 is 11.3 Å². The monoisotopic (exact) mass is 292 g/mol. The Morgan fingerprint density at radius 2 is 1.86 bits per heavy atom. The lowest BCUT2D eigenvalue weighted by molar-refractivity contribution is -0.122. The molecule has 4 heteroatoms. The smallest absolute Gasteiger partial charge is 0.241 e. The molecular weight excluding hydrogens is 264 g/mol. The van der Waals surface area contributed by atoms with E-state index in [2.05, 4.69) is 12.3 Å². The molecule has 4 nitrogen and oxygen atoms in total. The summed E-state index contributed by atoms with van der Waals surface area (Å²) < 4.78 is 5.67. The molecule has 0 fully saturated rings. The predicted molar refractivity (Wildman–Crippen MR) is 85.6 cm³/mol. The predicted octanol–water partition coefficient (Wildman–Crippen LogP) is 3.27. The van der Waals surface area contributed by atoms with Gasteiger partial charge in [0.2, 0.25) is 5.91 Å². The molecule has 1 atom stereocenters. The highest BCUT2D eigenvalue weighted by Crippen LogP contribution is 2.16. The lowest BCUT2D eigenvalue weighted by atomic mass is 9.99. The third kappa shape index (κ3) is 6.74. The molecule has 0 saturated carbocycles. The van der Waals surface area contributed by atoms with Gasteiger partial charge < -0.3 is 4.74 Å². The molecule has 0 saturated heterocycles. The molecule has 1 aromatic rings. The Balaban J connectivity index is 2.26. The molecule has 1 aromatic carbocycles. The van der Waals surface area contributed by atoms with E-state index in [4.69, 9.17) is 10.6 Å². The van der Waals surface area contributed by atoms with Crippen LogP contribution in [0.25, 0.3) is 0 Å². The first-order chi connectivity index (χ1) is 10.2. The van der Waals surface area contributed by atoms with Crippen LogP contribution in [0.2, 0.25) is 0 Å². The summed E-state index contributed by atoms with van der Waals surface area (Å²) in [5, 5.41) is 0. The first-order valence-electron chi connectivity index (χ1n) is 7.86. The highest BCUT2D eigenvalue weighted by atomic mass is 16.5. The van der Waals surface area contributed by atoms with Crippen LogP contribution in [-0.2, 0) is 16.1 Å². The summed E-state index contributed by atoms with van der Waals surface area (Å²) in [6.45, 7) is 5.51. The minimum atomic E-state index is -0.233. The highest BCUT2D eigenvalue weighted by molar-refractivity contribution is 5.82. The van der Waals surface area contributed by atoms with Gasteiger partial charge in [0.1, 0.15) is 0 Å². The second-order valence-electron chi connectivity index (χ2n) is 5.44. The molecule has 118 valence electrons. The van der Waals surface area contributed by atoms with Gasteiger partial charge in [0.05, 0.1) is 12.5 Å². The molecule has 21 heavy (non-hydrogen) atoms. The molecule has 0 aromatic heterocycles. The Labute approximate surface area is 128 Å². The Hall–Kier alpha value is -1.39. The minimum absolute atomic E-state index is 0.175. The lowest BCUT2D eigenvalue weighted by Crippen LogP contribution is -2.33. The van der Waals surface area contributed by atoms with Gasteiger partial charge in [0, 0.05) is 6.61 Å². The van der Waals surface area contributed by atoms with E-state index in [9.17, 15) is 4.79 Å². The molecule has 0 aliphatic rings. The maximum atomic E-state index is 11.5. The first-order valence-corrected chi connectivity index (χ1v) is 7.86. The van der Waals surface area contributed by atoms with E-state index in [1.807, 2.05) is 31.2 Å². The number of ether oxygens (including phenoxy) is 1. The number of nitrogens with one attached hydrogen (secondary N) is 1. The van der Waals surface area contributed by atoms with Crippen LogP contribution in [-0.4, -0.2) is 12.5 Å². The zero-order chi connectivity index (χ0) is 15.5. The van der Waals surface area contributed by atoms with Crippen LogP contribution in [0.4, 0.5) is 0 Å². The third-order valence-corrected chi connectivity index (χ3v) is 3.68. The normalized spacial score (nSPS) is 12.1. The Morgan fingerprint density at radius 1 is 1.19 bits per heavy atom. The van der Waals surface area contributed by atoms with E-state index < -0.39 is 0 Å². The van der Waals surface area contributed by atoms with E-state index in [1.54, 1.807) is 0 Å². The summed E-state index contributed by atoms with van der Waals surface area (Å²) in [5.74, 6) is 4.74. The van der Waals surface area contributed by atoms with Crippen LogP contribution >= 0.6 is 0 Å². The zero-order valence-corrected chi connectivity index (χ0v) is 13.2. The number of hydrogen-bond donors (Lipinski definition) is 2. The van der Waals surface area contributed by atoms with Gasteiger partial charge >= 0.3 is 0 Å². The van der Waals surface area contributed by atoms with Crippen molar-refractivity contribution in [3.63, 3.8) is 0 Å². The summed E-state index contributed by atoms with van der Waals surface area (Å²) >= 11 is 0. The number of carbonyl (C=O) groups excluding carboxylic acids is 1. The van der Waals surface area contributed by atoms with Crippen molar-refractivity contribution in [1.82, 2.24) is 5.43 Å². The molecule has 0 heterocycles. The van der Waals surface area contributed by atoms with E-state index in [-0.39, 0.29) is 11.8 Å². The van der Waals surface area contributed by atoms with Gasteiger partial charge in [-0.25, -0.2) is 5.84 Å². The number of unbranched alkanes of at least 4 members (excludes halogenated alkanes) is 4. The quantitative estimate of drug-likeness (QED) is 0.301. The Morgan fingerprint density at radius 3 is 2.48 bits per heavy atom. The van der Waals surface area contributed by atoms with E-state index in [1.165, 1.54) is 25.7 Å². The van der Waals surface area contributed by atoms with Crippen LogP contribution in [0.5, 0.6) is 0 Å². The van der Waals surface area contributed by atoms with E-state index >= 15 is 0 Å². The van der Waals surface area contributed by atoms with Crippen molar-refractivity contribution >= 4 is 5.91 Å². The third-order valence-electron chi connectivity index (χ3n) is 3.68. The Kier molecular flexibility index (Phi) is 8.71. The molecule has 1 amide bonds. The molecule has 0 spiro atoms. The zero-order valence-electron chi connectivity index (χ0n) is 13.2. The van der Waals surface area contributed by atoms with E-state index in [0.29, 0.717) is 6.61 Å². The van der Waals surface area contributed by atoms with Crippen molar-refractivity contribution in [1.29, 1.82) is 0 Å². The topological polar surface area (TPSA) is 64.3 Å². The maximum Gasteiger partial charge on any atom is 0.241 e. The van der Waals surface area contributed by atoms with E-state index in [0.717, 1.165) is 24.2 Å². The van der Waals surface area contributed by atoms with Gasteiger partial charge in [-0.15, -0.1) is 0 Å². The summed E-state index contributed by atoms with van der Waals surface area (Å²) in [7, 11) is 0. The van der Waals surface area contributed by atoms with Crippen LogP contribution in [0.3, 0.4) is 0 Å². The van der Waals surface area contributed by atoms with Gasteiger partial charge in [-0.2, -0.15) is 0 Å². The molecule has 0 aliphatic carbocycles. The number of rotatable bonds is 10. The fraction of sp³-hybridized carbons (Fsp3) is 0.588. The standard InChI is InChI=1S/C17H28N2O2/c1-3-4-5-6-7-12-21-13-15-8-10-16(11-9-15)14(2)17(20)19-18/h8-11,14H,3-7,12-13,18H2,1-2H3,(H,19,20). The average molecular weight is 292 g/mol. The van der Waals surface area contributed by atoms with Gasteiger partial charge in [-0.1, -0.05) is 56.9 Å².